The van der Waals surface area contributed by atoms with E-state index in [1.54, 1.807) is 0 Å². The number of aryl methyl sites for hydroxylation is 2. The number of rotatable bonds is 8. The highest BCUT2D eigenvalue weighted by molar-refractivity contribution is 6.71. The summed E-state index contributed by atoms with van der Waals surface area (Å²) in [5.41, 5.74) is 2.83. The standard InChI is InChI=1S/C19H26OSi/c1-21(2,17-15-19-12-7-4-8-13-19)20-16-9-14-18-10-5-3-6-11-18/h3-8,10-13H,9,14-17H2,1-2H3. The Labute approximate surface area is 130 Å². The van der Waals surface area contributed by atoms with Crippen molar-refractivity contribution < 1.29 is 4.43 Å². The Morgan fingerprint density at radius 1 is 0.762 bits per heavy atom. The van der Waals surface area contributed by atoms with Gasteiger partial charge < -0.3 is 4.43 Å². The van der Waals surface area contributed by atoms with Crippen LogP contribution in [0, 0.1) is 0 Å². The van der Waals surface area contributed by atoms with Crippen molar-refractivity contribution in [2.75, 3.05) is 6.61 Å². The summed E-state index contributed by atoms with van der Waals surface area (Å²) in [6.07, 6.45) is 3.37. The van der Waals surface area contributed by atoms with Gasteiger partial charge in [0.2, 0.25) is 0 Å². The quantitative estimate of drug-likeness (QED) is 0.487. The molecule has 112 valence electrons. The first-order valence-electron chi connectivity index (χ1n) is 7.87. The van der Waals surface area contributed by atoms with Gasteiger partial charge in [0.1, 0.15) is 0 Å². The molecule has 0 unspecified atom stereocenters. The molecule has 0 aliphatic carbocycles. The van der Waals surface area contributed by atoms with E-state index in [1.807, 2.05) is 0 Å². The number of hydrogen-bond donors (Lipinski definition) is 0. The Morgan fingerprint density at radius 2 is 1.29 bits per heavy atom. The number of benzene rings is 2. The van der Waals surface area contributed by atoms with Crippen LogP contribution in [0.4, 0.5) is 0 Å². The molecule has 0 heterocycles. The second kappa shape index (κ2) is 8.16. The molecular formula is C19H26OSi. The zero-order chi connectivity index (χ0) is 15.0. The second-order valence-corrected chi connectivity index (χ2v) is 10.5. The molecule has 0 atom stereocenters. The summed E-state index contributed by atoms with van der Waals surface area (Å²) in [5.74, 6) is 0. The Hall–Kier alpha value is -1.38. The van der Waals surface area contributed by atoms with Crippen LogP contribution in [0.1, 0.15) is 17.5 Å². The molecule has 0 amide bonds. The van der Waals surface area contributed by atoms with Crippen molar-refractivity contribution in [2.45, 2.75) is 38.4 Å². The van der Waals surface area contributed by atoms with E-state index in [0.29, 0.717) is 0 Å². The Kier molecular flexibility index (Phi) is 6.21. The molecule has 2 aromatic rings. The molecule has 0 N–H and O–H groups in total. The third-order valence-corrected chi connectivity index (χ3v) is 6.24. The summed E-state index contributed by atoms with van der Waals surface area (Å²) < 4.78 is 6.21. The smallest absolute Gasteiger partial charge is 0.187 e. The van der Waals surface area contributed by atoms with Gasteiger partial charge in [-0.15, -0.1) is 0 Å². The lowest BCUT2D eigenvalue weighted by Gasteiger charge is -2.23. The van der Waals surface area contributed by atoms with Crippen molar-refractivity contribution >= 4 is 8.32 Å². The van der Waals surface area contributed by atoms with Gasteiger partial charge in [0.25, 0.3) is 0 Å². The van der Waals surface area contributed by atoms with E-state index < -0.39 is 8.32 Å². The molecule has 0 fully saturated rings. The van der Waals surface area contributed by atoms with Gasteiger partial charge in [-0.2, -0.15) is 0 Å². The average molecular weight is 299 g/mol. The zero-order valence-electron chi connectivity index (χ0n) is 13.2. The van der Waals surface area contributed by atoms with E-state index in [1.165, 1.54) is 17.2 Å². The molecular weight excluding hydrogens is 272 g/mol. The predicted octanol–water partition coefficient (Wildman–Crippen LogP) is 5.08. The molecule has 2 rings (SSSR count). The molecule has 1 nitrogen and oxygen atoms in total. The summed E-state index contributed by atoms with van der Waals surface area (Å²) in [5, 5.41) is 0. The maximum absolute atomic E-state index is 6.21. The van der Waals surface area contributed by atoms with Crippen LogP contribution in [-0.2, 0) is 17.3 Å². The summed E-state index contributed by atoms with van der Waals surface area (Å²) in [6.45, 7) is 5.56. The molecule has 0 spiro atoms. The first-order chi connectivity index (χ1) is 10.2. The van der Waals surface area contributed by atoms with Gasteiger partial charge in [-0.25, -0.2) is 0 Å². The van der Waals surface area contributed by atoms with Gasteiger partial charge in [0.15, 0.2) is 8.32 Å². The molecule has 0 saturated heterocycles. The third-order valence-electron chi connectivity index (χ3n) is 3.80. The monoisotopic (exact) mass is 298 g/mol. The molecule has 2 heteroatoms. The Balaban J connectivity index is 1.66. The van der Waals surface area contributed by atoms with Crippen LogP contribution < -0.4 is 0 Å². The van der Waals surface area contributed by atoms with E-state index >= 15 is 0 Å². The minimum atomic E-state index is -1.52. The average Bonchev–Trinajstić information content (AvgIpc) is 2.52. The number of hydrogen-bond acceptors (Lipinski definition) is 1. The largest absolute Gasteiger partial charge is 0.417 e. The summed E-state index contributed by atoms with van der Waals surface area (Å²) in [6, 6.07) is 22.6. The van der Waals surface area contributed by atoms with Crippen LogP contribution >= 0.6 is 0 Å². The minimum absolute atomic E-state index is 0.892. The van der Waals surface area contributed by atoms with Crippen LogP contribution in [0.15, 0.2) is 60.7 Å². The van der Waals surface area contributed by atoms with Gasteiger partial charge in [-0.1, -0.05) is 60.7 Å². The van der Waals surface area contributed by atoms with E-state index in [9.17, 15) is 0 Å². The van der Waals surface area contributed by atoms with Gasteiger partial charge in [-0.3, -0.25) is 0 Å². The first-order valence-corrected chi connectivity index (χ1v) is 11.0. The maximum Gasteiger partial charge on any atom is 0.187 e. The topological polar surface area (TPSA) is 9.23 Å². The molecule has 21 heavy (non-hydrogen) atoms. The lowest BCUT2D eigenvalue weighted by molar-refractivity contribution is 0.300. The Morgan fingerprint density at radius 3 is 1.86 bits per heavy atom. The SMILES string of the molecule is C[Si](C)(CCc1ccccc1)OCCCc1ccccc1. The highest BCUT2D eigenvalue weighted by Crippen LogP contribution is 2.16. The van der Waals surface area contributed by atoms with Gasteiger partial charge in [-0.05, 0) is 49.5 Å². The van der Waals surface area contributed by atoms with E-state index in [2.05, 4.69) is 73.8 Å². The van der Waals surface area contributed by atoms with Crippen molar-refractivity contribution in [3.8, 4) is 0 Å². The van der Waals surface area contributed by atoms with Crippen LogP contribution in [0.25, 0.3) is 0 Å². The van der Waals surface area contributed by atoms with Crippen molar-refractivity contribution in [3.63, 3.8) is 0 Å². The van der Waals surface area contributed by atoms with Crippen LogP contribution in [0.3, 0.4) is 0 Å². The summed E-state index contributed by atoms with van der Waals surface area (Å²) in [4.78, 5) is 0. The highest BCUT2D eigenvalue weighted by atomic mass is 28.4. The minimum Gasteiger partial charge on any atom is -0.417 e. The van der Waals surface area contributed by atoms with Gasteiger partial charge in [0, 0.05) is 6.61 Å². The lowest BCUT2D eigenvalue weighted by Crippen LogP contribution is -2.31. The normalized spacial score (nSPS) is 11.5. The second-order valence-electron chi connectivity index (χ2n) is 6.18. The van der Waals surface area contributed by atoms with Crippen LogP contribution in [0.2, 0.25) is 19.1 Å². The third kappa shape index (κ3) is 6.28. The fourth-order valence-corrected chi connectivity index (χ4v) is 4.16. The van der Waals surface area contributed by atoms with Crippen LogP contribution in [-0.4, -0.2) is 14.9 Å². The van der Waals surface area contributed by atoms with Crippen molar-refractivity contribution in [1.29, 1.82) is 0 Å². The maximum atomic E-state index is 6.21. The molecule has 0 saturated carbocycles. The molecule has 0 bridgehead atoms. The van der Waals surface area contributed by atoms with Gasteiger partial charge >= 0.3 is 0 Å². The van der Waals surface area contributed by atoms with E-state index in [4.69, 9.17) is 4.43 Å². The fourth-order valence-electron chi connectivity index (χ4n) is 2.43. The van der Waals surface area contributed by atoms with E-state index in [-0.39, 0.29) is 0 Å². The molecule has 0 radical (unpaired) electrons. The zero-order valence-corrected chi connectivity index (χ0v) is 14.2. The van der Waals surface area contributed by atoms with Crippen molar-refractivity contribution in [3.05, 3.63) is 71.8 Å². The molecule has 2 aromatic carbocycles. The summed E-state index contributed by atoms with van der Waals surface area (Å²) in [7, 11) is -1.52. The Bertz CT molecular complexity index is 508. The van der Waals surface area contributed by atoms with Crippen molar-refractivity contribution in [1.82, 2.24) is 0 Å². The van der Waals surface area contributed by atoms with Gasteiger partial charge in [0.05, 0.1) is 0 Å². The molecule has 0 aliphatic rings. The molecule has 0 aromatic heterocycles. The predicted molar refractivity (Wildman–Crippen MR) is 93.2 cm³/mol. The molecule has 0 aliphatic heterocycles. The van der Waals surface area contributed by atoms with Crippen LogP contribution in [0.5, 0.6) is 0 Å². The van der Waals surface area contributed by atoms with Crippen molar-refractivity contribution in [2.24, 2.45) is 0 Å². The highest BCUT2D eigenvalue weighted by Gasteiger charge is 2.21. The lowest BCUT2D eigenvalue weighted by atomic mass is 10.1. The summed E-state index contributed by atoms with van der Waals surface area (Å²) >= 11 is 0. The first kappa shape index (κ1) is 16.0. The fraction of sp³-hybridized carbons (Fsp3) is 0.368. The van der Waals surface area contributed by atoms with E-state index in [0.717, 1.165) is 25.9 Å².